The van der Waals surface area contributed by atoms with Crippen LogP contribution >= 0.6 is 0 Å². The number of hydrogen-bond acceptors (Lipinski definition) is 5. The van der Waals surface area contributed by atoms with Gasteiger partial charge in [-0.05, 0) is 134 Å². The number of fused-ring (bicyclic) bond motifs is 4. The van der Waals surface area contributed by atoms with Gasteiger partial charge in [-0.2, -0.15) is 10.5 Å². The maximum absolute atomic E-state index is 11.0. The molecule has 7 aromatic carbocycles. The zero-order valence-corrected chi connectivity index (χ0v) is 45.9. The number of aromatic nitrogens is 5. The SMILES string of the molecule is C=Cc1c(/C=C\C(C)(C)C)n(-c2ccc(C#N)c(-c3nc(-c4ccccc4)nc(-c4cc(-n5c6ccc(C(C)(C)C)cc6c6cc(C(C)(C)C)ccc65)ccc4-c4cccc(C#N)c4)n3)c2)c2ccc(C(C)(C)C)cc12. The second kappa shape index (κ2) is 18.9. The third-order valence-corrected chi connectivity index (χ3v) is 14.4. The van der Waals surface area contributed by atoms with Crippen LogP contribution in [0.4, 0.5) is 0 Å². The Morgan fingerprint density at radius 2 is 0.974 bits per heavy atom. The average Bonchev–Trinajstić information content (AvgIpc) is 3.94. The summed E-state index contributed by atoms with van der Waals surface area (Å²) in [7, 11) is 0. The van der Waals surface area contributed by atoms with E-state index in [1.54, 1.807) is 0 Å². The molecule has 0 fully saturated rings. The van der Waals surface area contributed by atoms with Crippen molar-refractivity contribution >= 4 is 44.9 Å². The van der Waals surface area contributed by atoms with Crippen LogP contribution in [-0.2, 0) is 16.2 Å². The first-order valence-corrected chi connectivity index (χ1v) is 26.2. The van der Waals surface area contributed by atoms with E-state index < -0.39 is 0 Å². The second-order valence-electron chi connectivity index (χ2n) is 24.3. The van der Waals surface area contributed by atoms with Crippen molar-refractivity contribution in [2.75, 3.05) is 0 Å². The van der Waals surface area contributed by atoms with Crippen LogP contribution in [0.2, 0.25) is 0 Å². The predicted molar refractivity (Wildman–Crippen MR) is 317 cm³/mol. The lowest BCUT2D eigenvalue weighted by atomic mass is 9.85. The summed E-state index contributed by atoms with van der Waals surface area (Å²) >= 11 is 0. The van der Waals surface area contributed by atoms with Gasteiger partial charge in [0.05, 0.1) is 45.5 Å². The predicted octanol–water partition coefficient (Wildman–Crippen LogP) is 17.9. The van der Waals surface area contributed by atoms with Crippen LogP contribution in [0.1, 0.15) is 122 Å². The highest BCUT2D eigenvalue weighted by Gasteiger charge is 2.26. The smallest absolute Gasteiger partial charge is 0.165 e. The molecule has 0 unspecified atom stereocenters. The molecule has 3 aromatic heterocycles. The molecule has 0 saturated heterocycles. The molecule has 0 saturated carbocycles. The lowest BCUT2D eigenvalue weighted by molar-refractivity contribution is 0.547. The monoisotopic (exact) mass is 992 g/mol. The molecule has 0 atom stereocenters. The van der Waals surface area contributed by atoms with Crippen molar-refractivity contribution in [1.82, 2.24) is 24.1 Å². The maximum atomic E-state index is 11.0. The quantitative estimate of drug-likeness (QED) is 0.151. The summed E-state index contributed by atoms with van der Waals surface area (Å²) in [6.07, 6.45) is 6.38. The largest absolute Gasteiger partial charge is 0.309 e. The van der Waals surface area contributed by atoms with E-state index in [1.807, 2.05) is 78.9 Å². The van der Waals surface area contributed by atoms with E-state index in [-0.39, 0.29) is 21.7 Å². The van der Waals surface area contributed by atoms with Crippen molar-refractivity contribution < 1.29 is 0 Å². The fraction of sp³-hybridized carbons (Fsp3) is 0.232. The zero-order valence-electron chi connectivity index (χ0n) is 45.9. The van der Waals surface area contributed by atoms with Gasteiger partial charge in [-0.3, -0.25) is 0 Å². The van der Waals surface area contributed by atoms with Crippen LogP contribution in [0, 0.1) is 28.1 Å². The summed E-state index contributed by atoms with van der Waals surface area (Å²) in [6, 6.07) is 55.2. The Morgan fingerprint density at radius 1 is 0.461 bits per heavy atom. The Balaban J connectivity index is 1.26. The molecule has 0 bridgehead atoms. The Bertz CT molecular complexity index is 3990. The van der Waals surface area contributed by atoms with E-state index in [9.17, 15) is 10.5 Å². The molecule has 0 amide bonds. The highest BCUT2D eigenvalue weighted by Crippen LogP contribution is 2.42. The fourth-order valence-corrected chi connectivity index (χ4v) is 10.2. The van der Waals surface area contributed by atoms with Crippen molar-refractivity contribution in [2.24, 2.45) is 5.41 Å². The molecule has 76 heavy (non-hydrogen) atoms. The summed E-state index contributed by atoms with van der Waals surface area (Å²) in [4.78, 5) is 16.0. The zero-order chi connectivity index (χ0) is 54.1. The van der Waals surface area contributed by atoms with Gasteiger partial charge in [-0.1, -0.05) is 169 Å². The van der Waals surface area contributed by atoms with Gasteiger partial charge in [0.2, 0.25) is 0 Å². The van der Waals surface area contributed by atoms with Gasteiger partial charge in [0.1, 0.15) is 0 Å². The number of benzene rings is 7. The molecule has 376 valence electrons. The first-order chi connectivity index (χ1) is 36.0. The summed E-state index contributed by atoms with van der Waals surface area (Å²) in [5, 5.41) is 24.6. The van der Waals surface area contributed by atoms with Gasteiger partial charge >= 0.3 is 0 Å². The lowest BCUT2D eigenvalue weighted by Crippen LogP contribution is -2.10. The highest BCUT2D eigenvalue weighted by molar-refractivity contribution is 6.10. The molecule has 0 radical (unpaired) electrons. The molecular weight excluding hydrogens is 927 g/mol. The second-order valence-corrected chi connectivity index (χ2v) is 24.3. The molecule has 0 aliphatic heterocycles. The summed E-state index contributed by atoms with van der Waals surface area (Å²) in [5.41, 5.74) is 15.2. The molecule has 0 aliphatic carbocycles. The molecule has 7 nitrogen and oxygen atoms in total. The molecule has 0 spiro atoms. The van der Waals surface area contributed by atoms with Crippen molar-refractivity contribution in [3.8, 4) is 68.8 Å². The van der Waals surface area contributed by atoms with Gasteiger partial charge in [0.25, 0.3) is 0 Å². The molecule has 0 N–H and O–H groups in total. The minimum atomic E-state index is -0.0968. The van der Waals surface area contributed by atoms with E-state index in [1.165, 1.54) is 27.5 Å². The summed E-state index contributed by atoms with van der Waals surface area (Å²) < 4.78 is 4.60. The summed E-state index contributed by atoms with van der Waals surface area (Å²) in [5.74, 6) is 1.24. The summed E-state index contributed by atoms with van der Waals surface area (Å²) in [6.45, 7) is 31.2. The highest BCUT2D eigenvalue weighted by atomic mass is 15.0. The minimum Gasteiger partial charge on any atom is -0.309 e. The normalized spacial score (nSPS) is 12.4. The first kappa shape index (κ1) is 50.9. The molecule has 10 aromatic rings. The van der Waals surface area contributed by atoms with E-state index in [4.69, 9.17) is 15.0 Å². The lowest BCUT2D eigenvalue weighted by Gasteiger charge is -2.19. The van der Waals surface area contributed by atoms with Gasteiger partial charge in [0.15, 0.2) is 17.5 Å². The standard InChI is InChI=1S/C69H65N7/c1-14-52-55-36-47(67(5,6)7)24-30-59(55)76(62(52)33-34-66(2,3)4)50-27-23-46(42-71)54(39-50)64-72-63(44-20-16-15-17-21-44)73-65(74-64)58-40-51(28-29-53(58)45-22-18-19-43(35-45)41-70)75-60-31-25-48(68(8,9)10)37-56(60)57-38-49(69(11,12)13)26-32-61(57)75/h14-40H,1H2,2-13H3/b34-33-. The van der Waals surface area contributed by atoms with E-state index in [2.05, 4.69) is 196 Å². The molecule has 7 heteroatoms. The minimum absolute atomic E-state index is 0.0548. The molecular formula is C69H65N7. The molecule has 10 rings (SSSR count). The number of hydrogen-bond donors (Lipinski definition) is 0. The van der Waals surface area contributed by atoms with Crippen molar-refractivity contribution in [1.29, 1.82) is 10.5 Å². The topological polar surface area (TPSA) is 96.1 Å². The fourth-order valence-electron chi connectivity index (χ4n) is 10.2. The third kappa shape index (κ3) is 9.55. The van der Waals surface area contributed by atoms with Gasteiger partial charge < -0.3 is 9.13 Å². The van der Waals surface area contributed by atoms with Gasteiger partial charge in [-0.25, -0.2) is 15.0 Å². The van der Waals surface area contributed by atoms with Crippen LogP contribution in [0.15, 0.2) is 158 Å². The van der Waals surface area contributed by atoms with E-state index in [0.717, 1.165) is 66.8 Å². The Kier molecular flexibility index (Phi) is 12.7. The van der Waals surface area contributed by atoms with Crippen LogP contribution < -0.4 is 0 Å². The van der Waals surface area contributed by atoms with Crippen LogP contribution in [0.25, 0.3) is 102 Å². The van der Waals surface area contributed by atoms with Crippen LogP contribution in [-0.4, -0.2) is 24.1 Å². The Labute approximate surface area is 448 Å². The number of nitriles is 2. The maximum Gasteiger partial charge on any atom is 0.165 e. The first-order valence-electron chi connectivity index (χ1n) is 26.2. The number of rotatable bonds is 8. The van der Waals surface area contributed by atoms with Crippen LogP contribution in [0.5, 0.6) is 0 Å². The molecule has 0 aliphatic rings. The van der Waals surface area contributed by atoms with Crippen molar-refractivity contribution in [3.05, 3.63) is 197 Å². The van der Waals surface area contributed by atoms with Gasteiger partial charge in [-0.15, -0.1) is 0 Å². The number of allylic oxidation sites excluding steroid dienone is 1. The van der Waals surface area contributed by atoms with Gasteiger partial charge in [0, 0.05) is 49.8 Å². The van der Waals surface area contributed by atoms with Crippen molar-refractivity contribution in [3.63, 3.8) is 0 Å². The third-order valence-electron chi connectivity index (χ3n) is 14.4. The van der Waals surface area contributed by atoms with Crippen LogP contribution in [0.3, 0.4) is 0 Å². The number of nitrogens with zero attached hydrogens (tertiary/aromatic N) is 7. The Morgan fingerprint density at radius 3 is 1.53 bits per heavy atom. The van der Waals surface area contributed by atoms with E-state index in [0.29, 0.717) is 34.2 Å². The van der Waals surface area contributed by atoms with E-state index >= 15 is 0 Å². The Hall–Kier alpha value is -8.65. The molecule has 3 heterocycles. The average molecular weight is 992 g/mol. The van der Waals surface area contributed by atoms with Crippen molar-refractivity contribution in [2.45, 2.75) is 99.3 Å².